The van der Waals surface area contributed by atoms with E-state index in [-0.39, 0.29) is 12.5 Å². The number of aryl methyl sites for hydroxylation is 2. The van der Waals surface area contributed by atoms with Gasteiger partial charge < -0.3 is 10.1 Å². The summed E-state index contributed by atoms with van der Waals surface area (Å²) in [5, 5.41) is 3.17. The van der Waals surface area contributed by atoms with E-state index in [0.717, 1.165) is 29.3 Å². The Bertz CT molecular complexity index is 676. The van der Waals surface area contributed by atoms with Gasteiger partial charge in [-0.15, -0.1) is 0 Å². The molecule has 1 N–H and O–H groups in total. The van der Waals surface area contributed by atoms with Crippen molar-refractivity contribution in [3.8, 4) is 0 Å². The van der Waals surface area contributed by atoms with Gasteiger partial charge in [0.15, 0.2) is 0 Å². The van der Waals surface area contributed by atoms with Gasteiger partial charge in [-0.1, -0.05) is 13.8 Å². The lowest BCUT2D eigenvalue weighted by atomic mass is 10.1. The molecule has 0 atom stereocenters. The molecular weight excluding hydrogens is 280 g/mol. The van der Waals surface area contributed by atoms with Crippen LogP contribution in [0.5, 0.6) is 0 Å². The number of carbonyl (C=O) groups is 1. The summed E-state index contributed by atoms with van der Waals surface area (Å²) in [4.78, 5) is 20.7. The van der Waals surface area contributed by atoms with E-state index in [2.05, 4.69) is 29.1 Å². The zero-order chi connectivity index (χ0) is 16.3. The quantitative estimate of drug-likeness (QED) is 0.831. The Labute approximate surface area is 130 Å². The van der Waals surface area contributed by atoms with Crippen molar-refractivity contribution < 1.29 is 9.53 Å². The third kappa shape index (κ3) is 3.55. The first-order valence-corrected chi connectivity index (χ1v) is 7.67. The topological polar surface area (TPSA) is 68.5 Å². The minimum Gasteiger partial charge on any atom is -0.465 e. The fraction of sp³-hybridized carbons (Fsp3) is 0.562. The summed E-state index contributed by atoms with van der Waals surface area (Å²) in [6.07, 6.45) is 0.826. The average molecular weight is 304 g/mol. The summed E-state index contributed by atoms with van der Waals surface area (Å²) in [6.45, 7) is 10.6. The molecule has 0 aromatic carbocycles. The van der Waals surface area contributed by atoms with Gasteiger partial charge in [-0.05, 0) is 39.2 Å². The van der Waals surface area contributed by atoms with E-state index in [9.17, 15) is 4.79 Å². The van der Waals surface area contributed by atoms with E-state index in [1.807, 2.05) is 24.3 Å². The molecule has 2 aromatic rings. The first-order valence-electron chi connectivity index (χ1n) is 7.67. The maximum absolute atomic E-state index is 11.6. The van der Waals surface area contributed by atoms with Gasteiger partial charge in [0.05, 0.1) is 12.3 Å². The molecule has 0 aliphatic heterocycles. The van der Waals surface area contributed by atoms with Gasteiger partial charge in [-0.3, -0.25) is 9.20 Å². The third-order valence-electron chi connectivity index (χ3n) is 3.29. The van der Waals surface area contributed by atoms with E-state index in [1.54, 1.807) is 6.92 Å². The first kappa shape index (κ1) is 16.3. The summed E-state index contributed by atoms with van der Waals surface area (Å²) >= 11 is 0. The Balaban J connectivity index is 2.41. The van der Waals surface area contributed by atoms with Gasteiger partial charge in [-0.25, -0.2) is 9.97 Å². The van der Waals surface area contributed by atoms with E-state index in [4.69, 9.17) is 4.74 Å². The van der Waals surface area contributed by atoms with Crippen molar-refractivity contribution in [1.29, 1.82) is 0 Å². The number of carbonyl (C=O) groups excluding carboxylic acids is 1. The second-order valence-corrected chi connectivity index (χ2v) is 5.84. The fourth-order valence-corrected chi connectivity index (χ4v) is 2.50. The molecule has 0 spiro atoms. The second-order valence-electron chi connectivity index (χ2n) is 5.84. The molecule has 0 saturated heterocycles. The van der Waals surface area contributed by atoms with Crippen LogP contribution in [0, 0.1) is 19.8 Å². The van der Waals surface area contributed by atoms with E-state index in [0.29, 0.717) is 18.3 Å². The zero-order valence-electron chi connectivity index (χ0n) is 13.9. The van der Waals surface area contributed by atoms with Crippen LogP contribution in [0.4, 0.5) is 5.82 Å². The molecular formula is C16H24N4O2. The molecule has 0 bridgehead atoms. The molecule has 6 heteroatoms. The Hall–Kier alpha value is -2.11. The lowest BCUT2D eigenvalue weighted by molar-refractivity contribution is -0.140. The zero-order valence-corrected chi connectivity index (χ0v) is 13.9. The lowest BCUT2D eigenvalue weighted by Crippen LogP contribution is -2.19. The molecule has 0 amide bonds. The number of imidazole rings is 1. The molecule has 120 valence electrons. The molecule has 0 saturated carbocycles. The van der Waals surface area contributed by atoms with Crippen molar-refractivity contribution in [3.63, 3.8) is 0 Å². The van der Waals surface area contributed by atoms with Crippen molar-refractivity contribution in [2.75, 3.05) is 18.5 Å². The maximum atomic E-state index is 11.6. The Morgan fingerprint density at radius 2 is 2.09 bits per heavy atom. The third-order valence-corrected chi connectivity index (χ3v) is 3.29. The van der Waals surface area contributed by atoms with Crippen LogP contribution in [0.25, 0.3) is 5.78 Å². The number of nitrogens with one attached hydrogen (secondary N) is 1. The highest BCUT2D eigenvalue weighted by Gasteiger charge is 2.17. The number of rotatable bonds is 6. The number of hydrogen-bond acceptors (Lipinski definition) is 5. The van der Waals surface area contributed by atoms with Gasteiger partial charge in [-0.2, -0.15) is 0 Å². The standard InChI is InChI=1S/C16H24N4O2/c1-6-22-14(21)9-17-15-13(7-10(2)3)19-16-18-11(4)8-12(5)20(15)16/h8,10,17H,6-7,9H2,1-5H3. The SMILES string of the molecule is CCOC(=O)CNc1c(CC(C)C)nc2nc(C)cc(C)n12. The number of fused-ring (bicyclic) bond motifs is 1. The molecule has 0 aliphatic carbocycles. The highest BCUT2D eigenvalue weighted by atomic mass is 16.5. The minimum atomic E-state index is -0.273. The molecule has 2 aromatic heterocycles. The van der Waals surface area contributed by atoms with Crippen molar-refractivity contribution in [3.05, 3.63) is 23.1 Å². The van der Waals surface area contributed by atoms with E-state index in [1.165, 1.54) is 0 Å². The molecule has 22 heavy (non-hydrogen) atoms. The van der Waals surface area contributed by atoms with Gasteiger partial charge in [0.1, 0.15) is 12.4 Å². The lowest BCUT2D eigenvalue weighted by Gasteiger charge is -2.11. The number of aromatic nitrogens is 3. The molecule has 2 heterocycles. The molecule has 0 fully saturated rings. The highest BCUT2D eigenvalue weighted by Crippen LogP contribution is 2.22. The molecule has 0 unspecified atom stereocenters. The van der Waals surface area contributed by atoms with Gasteiger partial charge in [0.25, 0.3) is 0 Å². The Morgan fingerprint density at radius 3 is 2.73 bits per heavy atom. The molecule has 6 nitrogen and oxygen atoms in total. The van der Waals surface area contributed by atoms with Crippen molar-refractivity contribution in [1.82, 2.24) is 14.4 Å². The smallest absolute Gasteiger partial charge is 0.325 e. The number of hydrogen-bond donors (Lipinski definition) is 1. The van der Waals surface area contributed by atoms with Crippen LogP contribution in [0.1, 0.15) is 37.9 Å². The Kier molecular flexibility index (Phi) is 5.00. The van der Waals surface area contributed by atoms with Crippen LogP contribution in [-0.4, -0.2) is 33.5 Å². The van der Waals surface area contributed by atoms with E-state index >= 15 is 0 Å². The van der Waals surface area contributed by atoms with Crippen LogP contribution in [0.15, 0.2) is 6.07 Å². The van der Waals surface area contributed by atoms with Gasteiger partial charge >= 0.3 is 5.97 Å². The van der Waals surface area contributed by atoms with Crippen LogP contribution < -0.4 is 5.32 Å². The van der Waals surface area contributed by atoms with Crippen molar-refractivity contribution in [2.45, 2.75) is 41.0 Å². The second kappa shape index (κ2) is 6.77. The van der Waals surface area contributed by atoms with Gasteiger partial charge in [0, 0.05) is 11.4 Å². The predicted octanol–water partition coefficient (Wildman–Crippen LogP) is 2.52. The van der Waals surface area contributed by atoms with Crippen molar-refractivity contribution >= 4 is 17.6 Å². The monoisotopic (exact) mass is 304 g/mol. The molecule has 0 aliphatic rings. The number of nitrogens with zero attached hydrogens (tertiary/aromatic N) is 3. The van der Waals surface area contributed by atoms with Crippen LogP contribution in [-0.2, 0) is 16.0 Å². The largest absolute Gasteiger partial charge is 0.465 e. The molecule has 2 rings (SSSR count). The summed E-state index contributed by atoms with van der Waals surface area (Å²) < 4.78 is 6.94. The van der Waals surface area contributed by atoms with Crippen LogP contribution >= 0.6 is 0 Å². The summed E-state index contributed by atoms with van der Waals surface area (Å²) in [5.41, 5.74) is 2.90. The Morgan fingerprint density at radius 1 is 1.36 bits per heavy atom. The van der Waals surface area contributed by atoms with Crippen LogP contribution in [0.3, 0.4) is 0 Å². The van der Waals surface area contributed by atoms with E-state index < -0.39 is 0 Å². The average Bonchev–Trinajstić information content (AvgIpc) is 2.73. The van der Waals surface area contributed by atoms with Gasteiger partial charge in [0.2, 0.25) is 5.78 Å². The number of esters is 1. The first-order chi connectivity index (χ1) is 10.4. The predicted molar refractivity (Wildman–Crippen MR) is 86.1 cm³/mol. The number of ether oxygens (including phenoxy) is 1. The highest BCUT2D eigenvalue weighted by molar-refractivity contribution is 5.75. The van der Waals surface area contributed by atoms with Crippen LogP contribution in [0.2, 0.25) is 0 Å². The van der Waals surface area contributed by atoms with Crippen molar-refractivity contribution in [2.24, 2.45) is 5.92 Å². The minimum absolute atomic E-state index is 0.125. The fourth-order valence-electron chi connectivity index (χ4n) is 2.50. The summed E-state index contributed by atoms with van der Waals surface area (Å²) in [6, 6.07) is 2.00. The summed E-state index contributed by atoms with van der Waals surface area (Å²) in [5.74, 6) is 1.70. The normalized spacial score (nSPS) is 11.2. The maximum Gasteiger partial charge on any atom is 0.325 e. The summed E-state index contributed by atoms with van der Waals surface area (Å²) in [7, 11) is 0. The number of anilines is 1. The molecule has 0 radical (unpaired) electrons.